The van der Waals surface area contributed by atoms with Gasteiger partial charge in [-0.2, -0.15) is 0 Å². The quantitative estimate of drug-likeness (QED) is 0.805. The highest BCUT2D eigenvalue weighted by atomic mass is 16.2. The Morgan fingerprint density at radius 2 is 2.18 bits per heavy atom. The third-order valence-electron chi connectivity index (χ3n) is 2.61. The maximum Gasteiger partial charge on any atom is 0.272 e. The molecule has 1 aliphatic heterocycles. The van der Waals surface area contributed by atoms with Crippen LogP contribution < -0.4 is 10.6 Å². The number of nitrogens with zero attached hydrogens (tertiary/aromatic N) is 1. The van der Waals surface area contributed by atoms with Gasteiger partial charge >= 0.3 is 0 Å². The number of rotatable bonds is 2. The summed E-state index contributed by atoms with van der Waals surface area (Å²) >= 11 is 0. The van der Waals surface area contributed by atoms with Gasteiger partial charge in [-0.05, 0) is 24.5 Å². The van der Waals surface area contributed by atoms with Crippen molar-refractivity contribution in [3.8, 4) is 0 Å². The monoisotopic (exact) mass is 233 g/mol. The van der Waals surface area contributed by atoms with E-state index >= 15 is 0 Å². The number of carbonyl (C=O) groups excluding carboxylic acids is 2. The Labute approximate surface area is 99.6 Å². The van der Waals surface area contributed by atoms with Crippen molar-refractivity contribution in [3.05, 3.63) is 24.0 Å². The van der Waals surface area contributed by atoms with Crippen LogP contribution in [0.2, 0.25) is 0 Å². The molecule has 2 heterocycles. The van der Waals surface area contributed by atoms with Crippen LogP contribution in [0.5, 0.6) is 0 Å². The number of carbonyl (C=O) groups is 2. The molecule has 0 saturated heterocycles. The summed E-state index contributed by atoms with van der Waals surface area (Å²) in [4.78, 5) is 27.8. The Hall–Kier alpha value is -1.91. The summed E-state index contributed by atoms with van der Waals surface area (Å²) in [6, 6.07) is 2.88. The fraction of sp³-hybridized carbons (Fsp3) is 0.417. The number of hydrogen-bond donors (Lipinski definition) is 2. The van der Waals surface area contributed by atoms with Crippen molar-refractivity contribution in [3.63, 3.8) is 0 Å². The van der Waals surface area contributed by atoms with Gasteiger partial charge in [0, 0.05) is 6.20 Å². The Morgan fingerprint density at radius 3 is 2.88 bits per heavy atom. The lowest BCUT2D eigenvalue weighted by molar-refractivity contribution is -0.118. The van der Waals surface area contributed by atoms with Gasteiger partial charge in [0.05, 0.1) is 5.69 Å². The molecule has 0 saturated carbocycles. The predicted octanol–water partition coefficient (Wildman–Crippen LogP) is 1.18. The second-order valence-corrected chi connectivity index (χ2v) is 4.54. The first kappa shape index (κ1) is 11.6. The van der Waals surface area contributed by atoms with Crippen molar-refractivity contribution in [1.29, 1.82) is 0 Å². The molecular formula is C12H15N3O2. The third kappa shape index (κ3) is 2.43. The van der Waals surface area contributed by atoms with Gasteiger partial charge in [0.2, 0.25) is 5.91 Å². The summed E-state index contributed by atoms with van der Waals surface area (Å²) < 4.78 is 0. The van der Waals surface area contributed by atoms with Crippen LogP contribution in [0.15, 0.2) is 18.3 Å². The van der Waals surface area contributed by atoms with E-state index in [2.05, 4.69) is 15.6 Å². The van der Waals surface area contributed by atoms with Gasteiger partial charge in [-0.25, -0.2) is 4.98 Å². The number of amides is 2. The summed E-state index contributed by atoms with van der Waals surface area (Å²) in [5.41, 5.74) is 0.744. The molecule has 1 aromatic rings. The van der Waals surface area contributed by atoms with Gasteiger partial charge in [0.25, 0.3) is 5.91 Å². The van der Waals surface area contributed by atoms with Crippen LogP contribution in [0.3, 0.4) is 0 Å². The van der Waals surface area contributed by atoms with Gasteiger partial charge in [-0.15, -0.1) is 0 Å². The lowest BCUT2D eigenvalue weighted by Gasteiger charge is -2.16. The van der Waals surface area contributed by atoms with Crippen molar-refractivity contribution in [1.82, 2.24) is 10.3 Å². The minimum absolute atomic E-state index is 0.182. The average Bonchev–Trinajstić information content (AvgIpc) is 2.38. The second kappa shape index (κ2) is 4.53. The van der Waals surface area contributed by atoms with Crippen molar-refractivity contribution in [2.75, 3.05) is 5.32 Å². The molecular weight excluding hydrogens is 218 g/mol. The number of anilines is 1. The Morgan fingerprint density at radius 1 is 1.41 bits per heavy atom. The molecule has 90 valence electrons. The van der Waals surface area contributed by atoms with E-state index in [1.807, 2.05) is 13.8 Å². The number of nitrogens with one attached hydrogen (secondary N) is 2. The summed E-state index contributed by atoms with van der Waals surface area (Å²) in [6.45, 7) is 4.02. The molecule has 0 aromatic carbocycles. The SMILES string of the molecule is CC(C)C[C@@H]1NC(=O)c2ncccc2NC1=O. The molecule has 5 nitrogen and oxygen atoms in total. The normalized spacial score (nSPS) is 19.4. The molecule has 0 bridgehead atoms. The summed E-state index contributed by atoms with van der Waals surface area (Å²) in [5, 5.41) is 5.43. The molecule has 0 fully saturated rings. The molecule has 2 rings (SSSR count). The minimum Gasteiger partial charge on any atom is -0.339 e. The molecule has 0 spiro atoms. The number of aromatic nitrogens is 1. The lowest BCUT2D eigenvalue weighted by Crippen LogP contribution is -2.42. The van der Waals surface area contributed by atoms with Crippen molar-refractivity contribution < 1.29 is 9.59 Å². The first-order valence-corrected chi connectivity index (χ1v) is 5.64. The average molecular weight is 233 g/mol. The molecule has 1 atom stereocenters. The van der Waals surface area contributed by atoms with E-state index in [9.17, 15) is 9.59 Å². The fourth-order valence-electron chi connectivity index (χ4n) is 1.84. The Bertz CT molecular complexity index is 457. The smallest absolute Gasteiger partial charge is 0.272 e. The van der Waals surface area contributed by atoms with Crippen LogP contribution >= 0.6 is 0 Å². The van der Waals surface area contributed by atoms with E-state index in [0.717, 1.165) is 0 Å². The van der Waals surface area contributed by atoms with Crippen LogP contribution in [0.1, 0.15) is 30.8 Å². The van der Waals surface area contributed by atoms with Gasteiger partial charge in [-0.1, -0.05) is 13.8 Å². The highest BCUT2D eigenvalue weighted by molar-refractivity contribution is 6.08. The molecule has 0 radical (unpaired) electrons. The fourth-order valence-corrected chi connectivity index (χ4v) is 1.84. The lowest BCUT2D eigenvalue weighted by atomic mass is 10.0. The Balaban J connectivity index is 2.28. The van der Waals surface area contributed by atoms with Crippen LogP contribution in [0.4, 0.5) is 5.69 Å². The molecule has 0 unspecified atom stereocenters. The molecule has 17 heavy (non-hydrogen) atoms. The maximum absolute atomic E-state index is 11.9. The van der Waals surface area contributed by atoms with Crippen molar-refractivity contribution in [2.45, 2.75) is 26.3 Å². The largest absolute Gasteiger partial charge is 0.339 e. The van der Waals surface area contributed by atoms with Crippen molar-refractivity contribution >= 4 is 17.5 Å². The summed E-state index contributed by atoms with van der Waals surface area (Å²) in [5.74, 6) is -0.149. The zero-order chi connectivity index (χ0) is 12.4. The van der Waals surface area contributed by atoms with Crippen LogP contribution in [-0.4, -0.2) is 22.8 Å². The zero-order valence-corrected chi connectivity index (χ0v) is 9.86. The number of hydrogen-bond acceptors (Lipinski definition) is 3. The molecule has 2 N–H and O–H groups in total. The molecule has 5 heteroatoms. The second-order valence-electron chi connectivity index (χ2n) is 4.54. The van der Waals surface area contributed by atoms with Gasteiger partial charge < -0.3 is 10.6 Å². The topological polar surface area (TPSA) is 71.1 Å². The van der Waals surface area contributed by atoms with E-state index in [1.165, 1.54) is 6.20 Å². The molecule has 1 aromatic heterocycles. The van der Waals surface area contributed by atoms with E-state index in [0.29, 0.717) is 18.0 Å². The number of pyridine rings is 1. The summed E-state index contributed by atoms with van der Waals surface area (Å²) in [6.07, 6.45) is 2.15. The first-order valence-electron chi connectivity index (χ1n) is 5.64. The van der Waals surface area contributed by atoms with Crippen LogP contribution in [-0.2, 0) is 4.79 Å². The maximum atomic E-state index is 11.9. The third-order valence-corrected chi connectivity index (χ3v) is 2.61. The van der Waals surface area contributed by atoms with E-state index < -0.39 is 6.04 Å². The number of fused-ring (bicyclic) bond motifs is 1. The predicted molar refractivity (Wildman–Crippen MR) is 63.6 cm³/mol. The molecule has 1 aliphatic rings. The standard InChI is InChI=1S/C12H15N3O2/c1-7(2)6-9-11(16)14-8-4-3-5-13-10(8)12(17)15-9/h3-5,7,9H,6H2,1-2H3,(H,14,16)(H,15,17)/t9-/m0/s1. The first-order chi connectivity index (χ1) is 8.08. The summed E-state index contributed by atoms with van der Waals surface area (Å²) in [7, 11) is 0. The molecule has 2 amide bonds. The Kier molecular flexibility index (Phi) is 3.08. The van der Waals surface area contributed by atoms with Gasteiger partial charge in [0.15, 0.2) is 5.69 Å². The van der Waals surface area contributed by atoms with Crippen molar-refractivity contribution in [2.24, 2.45) is 5.92 Å². The minimum atomic E-state index is -0.489. The zero-order valence-electron chi connectivity index (χ0n) is 9.86. The molecule has 0 aliphatic carbocycles. The van der Waals surface area contributed by atoms with E-state index in [-0.39, 0.29) is 17.5 Å². The highest BCUT2D eigenvalue weighted by Gasteiger charge is 2.28. The highest BCUT2D eigenvalue weighted by Crippen LogP contribution is 2.17. The van der Waals surface area contributed by atoms with E-state index in [1.54, 1.807) is 12.1 Å². The van der Waals surface area contributed by atoms with Crippen LogP contribution in [0.25, 0.3) is 0 Å². The van der Waals surface area contributed by atoms with E-state index in [4.69, 9.17) is 0 Å². The van der Waals surface area contributed by atoms with Crippen LogP contribution in [0, 0.1) is 5.92 Å². The van der Waals surface area contributed by atoms with Gasteiger partial charge in [-0.3, -0.25) is 9.59 Å². The van der Waals surface area contributed by atoms with Gasteiger partial charge in [0.1, 0.15) is 6.04 Å².